The lowest BCUT2D eigenvalue weighted by Gasteiger charge is -2.44. The quantitative estimate of drug-likeness (QED) is 0.0747. The Kier molecular flexibility index (Phi) is 10.8. The van der Waals surface area contributed by atoms with Crippen LogP contribution in [0.15, 0.2) is 82.0 Å². The van der Waals surface area contributed by atoms with Crippen LogP contribution < -0.4 is 20.7 Å². The molecule has 3 aromatic carbocycles. The molecule has 0 saturated heterocycles. The van der Waals surface area contributed by atoms with Crippen LogP contribution in [0, 0.1) is 11.8 Å². The average molecular weight is 762 g/mol. The van der Waals surface area contributed by atoms with E-state index in [2.05, 4.69) is 17.2 Å². The molecule has 0 unspecified atom stereocenters. The van der Waals surface area contributed by atoms with Crippen LogP contribution in [0.25, 0.3) is 16.5 Å². The maximum Gasteiger partial charge on any atom is 0.417 e. The standard InChI is InChI=1S/C40H38F3N3O7S/c1-39(2)23-29(25-54(50,51)52)30-20-31-32(40(41,42)43)21-38(49)53-35(31)22-34(30)46(39)19-9-3-4-14-36(47)44-18-17-37(48)45-24-28-12-6-5-10-26(28)15-16-27-11-7-8-13-33(27)45/h5-8,10-13,20-23H,3-4,9,14,17-19,24-25H2,1-2H3,(H,44,47)(H,50,51,52). The van der Waals surface area contributed by atoms with E-state index < -0.39 is 44.2 Å². The summed E-state index contributed by atoms with van der Waals surface area (Å²) in [6.45, 7) is 4.45. The van der Waals surface area contributed by atoms with Crippen LogP contribution in [-0.4, -0.2) is 49.2 Å². The number of rotatable bonds is 11. The molecular formula is C40H38F3N3O7S. The normalized spacial score (nSPS) is 14.8. The monoisotopic (exact) mass is 761 g/mol. The molecule has 0 spiro atoms. The number of anilines is 2. The van der Waals surface area contributed by atoms with E-state index in [1.807, 2.05) is 53.4 Å². The molecule has 0 aliphatic carbocycles. The summed E-state index contributed by atoms with van der Waals surface area (Å²) in [4.78, 5) is 41.9. The molecule has 2 aliphatic rings. The van der Waals surface area contributed by atoms with E-state index in [0.29, 0.717) is 49.8 Å². The van der Waals surface area contributed by atoms with Crippen LogP contribution >= 0.6 is 0 Å². The number of amides is 2. The Balaban J connectivity index is 1.07. The number of para-hydroxylation sites is 1. The second kappa shape index (κ2) is 15.2. The van der Waals surface area contributed by atoms with Crippen molar-refractivity contribution >= 4 is 49.8 Å². The summed E-state index contributed by atoms with van der Waals surface area (Å²) in [5.74, 6) is 5.17. The first kappa shape index (κ1) is 38.3. The van der Waals surface area contributed by atoms with Crippen molar-refractivity contribution in [2.45, 2.75) is 64.2 Å². The van der Waals surface area contributed by atoms with E-state index in [1.54, 1.807) is 24.8 Å². The van der Waals surface area contributed by atoms with Gasteiger partial charge >= 0.3 is 11.8 Å². The van der Waals surface area contributed by atoms with Crippen LogP contribution in [0.4, 0.5) is 24.5 Å². The highest BCUT2D eigenvalue weighted by Crippen LogP contribution is 2.44. The highest BCUT2D eigenvalue weighted by Gasteiger charge is 2.37. The molecule has 54 heavy (non-hydrogen) atoms. The van der Waals surface area contributed by atoms with Gasteiger partial charge in [0.1, 0.15) is 11.3 Å². The lowest BCUT2D eigenvalue weighted by Crippen LogP contribution is -2.46. The molecule has 6 rings (SSSR count). The number of halogens is 3. The zero-order valence-corrected chi connectivity index (χ0v) is 30.4. The van der Waals surface area contributed by atoms with Gasteiger partial charge in [-0.3, -0.25) is 14.1 Å². The summed E-state index contributed by atoms with van der Waals surface area (Å²) in [6, 6.07) is 17.9. The fourth-order valence-corrected chi connectivity index (χ4v) is 7.63. The number of nitrogens with zero attached hydrogens (tertiary/aromatic N) is 2. The van der Waals surface area contributed by atoms with E-state index in [9.17, 15) is 40.5 Å². The van der Waals surface area contributed by atoms with E-state index in [0.717, 1.165) is 22.8 Å². The number of hydrogen-bond acceptors (Lipinski definition) is 7. The third kappa shape index (κ3) is 8.69. The van der Waals surface area contributed by atoms with Gasteiger partial charge in [-0.1, -0.05) is 54.7 Å². The van der Waals surface area contributed by atoms with Crippen molar-refractivity contribution in [2.24, 2.45) is 0 Å². The summed E-state index contributed by atoms with van der Waals surface area (Å²) in [6.07, 6.45) is -1.33. The van der Waals surface area contributed by atoms with Crippen molar-refractivity contribution in [3.05, 3.63) is 111 Å². The Hall–Kier alpha value is -5.39. The minimum Gasteiger partial charge on any atom is -0.423 e. The molecule has 0 atom stereocenters. The fraction of sp³-hybridized carbons (Fsp3) is 0.325. The van der Waals surface area contributed by atoms with Crippen LogP contribution in [0.2, 0.25) is 0 Å². The number of benzene rings is 3. The Morgan fingerprint density at radius 2 is 1.65 bits per heavy atom. The summed E-state index contributed by atoms with van der Waals surface area (Å²) >= 11 is 0. The van der Waals surface area contributed by atoms with Gasteiger partial charge in [0.25, 0.3) is 10.1 Å². The summed E-state index contributed by atoms with van der Waals surface area (Å²) < 4.78 is 80.4. The van der Waals surface area contributed by atoms with Gasteiger partial charge in [-0.05, 0) is 62.1 Å². The molecule has 0 saturated carbocycles. The van der Waals surface area contributed by atoms with Gasteiger partial charge in [0.05, 0.1) is 23.3 Å². The molecule has 0 radical (unpaired) electrons. The second-order valence-electron chi connectivity index (χ2n) is 13.9. The highest BCUT2D eigenvalue weighted by atomic mass is 32.2. The predicted octanol–water partition coefficient (Wildman–Crippen LogP) is 6.69. The number of fused-ring (bicyclic) bond motifs is 4. The number of alkyl halides is 3. The van der Waals surface area contributed by atoms with E-state index >= 15 is 0 Å². The molecule has 282 valence electrons. The summed E-state index contributed by atoms with van der Waals surface area (Å²) in [5, 5.41) is 2.42. The van der Waals surface area contributed by atoms with Crippen LogP contribution in [0.1, 0.15) is 73.8 Å². The number of carbonyl (C=O) groups is 2. The van der Waals surface area contributed by atoms with Gasteiger partial charge in [-0.15, -0.1) is 0 Å². The molecule has 2 amide bonds. The number of unbranched alkanes of at least 4 members (excludes halogenated alkanes) is 2. The first-order chi connectivity index (χ1) is 25.5. The largest absolute Gasteiger partial charge is 0.423 e. The maximum atomic E-state index is 13.9. The molecule has 14 heteroatoms. The number of hydrogen-bond donors (Lipinski definition) is 2. The van der Waals surface area contributed by atoms with E-state index in [1.165, 1.54) is 6.07 Å². The third-order valence-corrected chi connectivity index (χ3v) is 10.2. The van der Waals surface area contributed by atoms with E-state index in [-0.39, 0.29) is 47.9 Å². The van der Waals surface area contributed by atoms with Crippen molar-refractivity contribution in [3.63, 3.8) is 0 Å². The van der Waals surface area contributed by atoms with Crippen LogP contribution in [0.5, 0.6) is 0 Å². The predicted molar refractivity (Wildman–Crippen MR) is 199 cm³/mol. The third-order valence-electron chi connectivity index (χ3n) is 9.48. The van der Waals surface area contributed by atoms with Crippen LogP contribution in [-0.2, 0) is 32.4 Å². The average Bonchev–Trinajstić information content (AvgIpc) is 3.08. The molecule has 4 aromatic rings. The Labute approximate surface area is 310 Å². The lowest BCUT2D eigenvalue weighted by atomic mass is 9.87. The van der Waals surface area contributed by atoms with Gasteiger partial charge in [0.15, 0.2) is 0 Å². The molecule has 3 heterocycles. The SMILES string of the molecule is CC1(C)C=C(CS(=O)(=O)O)c2cc3c(C(F)(F)F)cc(=O)oc3cc2N1CCCCCC(=O)NCCC(=O)N1Cc2ccccc2C#Cc2ccccc21. The fourth-order valence-electron chi connectivity index (χ4n) is 7.00. The van der Waals surface area contributed by atoms with Gasteiger partial charge < -0.3 is 19.5 Å². The molecular weight excluding hydrogens is 724 g/mol. The van der Waals surface area contributed by atoms with Crippen LogP contribution in [0.3, 0.4) is 0 Å². The van der Waals surface area contributed by atoms with Crippen molar-refractivity contribution in [2.75, 3.05) is 28.6 Å². The molecule has 10 nitrogen and oxygen atoms in total. The van der Waals surface area contributed by atoms with Gasteiger partial charge in [0.2, 0.25) is 11.8 Å². The van der Waals surface area contributed by atoms with Gasteiger partial charge in [-0.25, -0.2) is 4.79 Å². The lowest BCUT2D eigenvalue weighted by molar-refractivity contribution is -0.136. The molecule has 2 N–H and O–H groups in total. The minimum absolute atomic E-state index is 0.0888. The Bertz CT molecular complexity index is 2390. The Morgan fingerprint density at radius 1 is 0.944 bits per heavy atom. The van der Waals surface area contributed by atoms with Gasteiger partial charge in [-0.2, -0.15) is 21.6 Å². The topological polar surface area (TPSA) is 137 Å². The second-order valence-corrected chi connectivity index (χ2v) is 15.3. The number of carbonyl (C=O) groups excluding carboxylic acids is 2. The highest BCUT2D eigenvalue weighted by molar-refractivity contribution is 7.86. The maximum absolute atomic E-state index is 13.9. The van der Waals surface area contributed by atoms with Gasteiger partial charge in [0, 0.05) is 65.8 Å². The Morgan fingerprint density at radius 3 is 2.39 bits per heavy atom. The summed E-state index contributed by atoms with van der Waals surface area (Å²) in [7, 11) is -4.55. The first-order valence-corrected chi connectivity index (χ1v) is 19.0. The van der Waals surface area contributed by atoms with Crippen molar-refractivity contribution in [1.82, 2.24) is 5.32 Å². The molecule has 2 aliphatic heterocycles. The smallest absolute Gasteiger partial charge is 0.417 e. The number of nitrogens with one attached hydrogen (secondary N) is 1. The summed E-state index contributed by atoms with van der Waals surface area (Å²) in [5.41, 5.74) is 0.279. The minimum atomic E-state index is -4.88. The molecule has 0 bridgehead atoms. The zero-order valence-electron chi connectivity index (χ0n) is 29.6. The molecule has 0 fully saturated rings. The van der Waals surface area contributed by atoms with Crippen molar-refractivity contribution in [3.8, 4) is 11.8 Å². The zero-order chi connectivity index (χ0) is 38.8. The van der Waals surface area contributed by atoms with Crippen molar-refractivity contribution in [1.29, 1.82) is 0 Å². The first-order valence-electron chi connectivity index (χ1n) is 17.4. The molecule has 1 aromatic heterocycles. The van der Waals surface area contributed by atoms with Crippen molar-refractivity contribution < 1.29 is 40.1 Å². The van der Waals surface area contributed by atoms with E-state index in [4.69, 9.17) is 4.42 Å².